The molecule has 4 heteroatoms. The molecule has 1 aliphatic rings. The van der Waals surface area contributed by atoms with Gasteiger partial charge in [0, 0.05) is 31.3 Å². The molecule has 1 fully saturated rings. The third kappa shape index (κ3) is 2.47. The number of oxime groups is 1. The van der Waals surface area contributed by atoms with Crippen LogP contribution in [0.4, 0.5) is 0 Å². The summed E-state index contributed by atoms with van der Waals surface area (Å²) >= 11 is 0. The summed E-state index contributed by atoms with van der Waals surface area (Å²) in [5.41, 5.74) is 0.483. The molecule has 1 heterocycles. The Morgan fingerprint density at radius 1 is 1.36 bits per heavy atom. The molecule has 0 radical (unpaired) electrons. The van der Waals surface area contributed by atoms with Gasteiger partial charge < -0.3 is 10.1 Å². The maximum absolute atomic E-state index is 11.8. The number of piperidine rings is 1. The summed E-state index contributed by atoms with van der Waals surface area (Å²) in [5, 5.41) is 11.7. The second-order valence-corrected chi connectivity index (χ2v) is 4.71. The summed E-state index contributed by atoms with van der Waals surface area (Å²) < 4.78 is 0. The predicted molar refractivity (Wildman–Crippen MR) is 54.5 cm³/mol. The molecule has 0 spiro atoms. The quantitative estimate of drug-likeness (QED) is 0.473. The van der Waals surface area contributed by atoms with E-state index in [1.165, 1.54) is 0 Å². The van der Waals surface area contributed by atoms with E-state index in [4.69, 9.17) is 5.21 Å². The van der Waals surface area contributed by atoms with Gasteiger partial charge in [-0.25, -0.2) is 0 Å². The first-order valence-electron chi connectivity index (χ1n) is 4.94. The number of carbonyl (C=O) groups excluding carboxylic acids is 1. The van der Waals surface area contributed by atoms with Crippen molar-refractivity contribution in [3.8, 4) is 0 Å². The first kappa shape index (κ1) is 11.0. The Balaban J connectivity index is 2.54. The maximum Gasteiger partial charge on any atom is 0.227 e. The first-order valence-corrected chi connectivity index (χ1v) is 4.94. The smallest absolute Gasteiger partial charge is 0.227 e. The Labute approximate surface area is 84.6 Å². The fourth-order valence-electron chi connectivity index (χ4n) is 1.54. The van der Waals surface area contributed by atoms with E-state index in [9.17, 15) is 4.79 Å². The van der Waals surface area contributed by atoms with Crippen LogP contribution in [0.2, 0.25) is 0 Å². The normalized spacial score (nSPS) is 18.2. The number of rotatable bonds is 0. The molecule has 0 saturated carbocycles. The van der Waals surface area contributed by atoms with Crippen LogP contribution in [0.3, 0.4) is 0 Å². The maximum atomic E-state index is 11.8. The van der Waals surface area contributed by atoms with Crippen LogP contribution in [0.25, 0.3) is 0 Å². The summed E-state index contributed by atoms with van der Waals surface area (Å²) in [6.07, 6.45) is 1.39. The van der Waals surface area contributed by atoms with Gasteiger partial charge in [0.15, 0.2) is 0 Å². The number of hydrogen-bond acceptors (Lipinski definition) is 3. The van der Waals surface area contributed by atoms with E-state index in [1.807, 2.05) is 25.7 Å². The van der Waals surface area contributed by atoms with Gasteiger partial charge in [-0.15, -0.1) is 0 Å². The van der Waals surface area contributed by atoms with Gasteiger partial charge in [-0.3, -0.25) is 4.79 Å². The highest BCUT2D eigenvalue weighted by molar-refractivity contribution is 5.88. The van der Waals surface area contributed by atoms with E-state index in [2.05, 4.69) is 5.16 Å². The fourth-order valence-corrected chi connectivity index (χ4v) is 1.54. The van der Waals surface area contributed by atoms with Crippen molar-refractivity contribution < 1.29 is 10.0 Å². The van der Waals surface area contributed by atoms with Crippen LogP contribution in [-0.2, 0) is 4.79 Å². The molecule has 0 aromatic carbocycles. The zero-order valence-corrected chi connectivity index (χ0v) is 9.08. The average molecular weight is 198 g/mol. The Bertz CT molecular complexity index is 243. The molecule has 1 aliphatic heterocycles. The van der Waals surface area contributed by atoms with Gasteiger partial charge in [0.25, 0.3) is 0 Å². The van der Waals surface area contributed by atoms with Crippen LogP contribution in [-0.4, -0.2) is 34.8 Å². The summed E-state index contributed by atoms with van der Waals surface area (Å²) in [7, 11) is 0. The number of amides is 1. The monoisotopic (exact) mass is 198 g/mol. The lowest BCUT2D eigenvalue weighted by Gasteiger charge is -2.32. The first-order chi connectivity index (χ1) is 6.45. The van der Waals surface area contributed by atoms with Gasteiger partial charge in [-0.05, 0) is 0 Å². The predicted octanol–water partition coefficient (Wildman–Crippen LogP) is 1.49. The molecule has 0 atom stereocenters. The standard InChI is InChI=1S/C10H18N2O2/c1-10(2,3)9(13)12-6-4-8(11-14)5-7-12/h14H,4-7H2,1-3H3. The third-order valence-corrected chi connectivity index (χ3v) is 2.41. The topological polar surface area (TPSA) is 52.9 Å². The van der Waals surface area contributed by atoms with Crippen LogP contribution in [0.5, 0.6) is 0 Å². The molecule has 1 amide bonds. The number of carbonyl (C=O) groups is 1. The number of hydrogen-bond donors (Lipinski definition) is 1. The van der Waals surface area contributed by atoms with Crippen LogP contribution in [0.15, 0.2) is 5.16 Å². The largest absolute Gasteiger partial charge is 0.411 e. The van der Waals surface area contributed by atoms with Gasteiger partial charge in [0.2, 0.25) is 5.91 Å². The van der Waals surface area contributed by atoms with E-state index < -0.39 is 0 Å². The van der Waals surface area contributed by atoms with Crippen molar-refractivity contribution in [3.05, 3.63) is 0 Å². The molecule has 1 rings (SSSR count). The van der Waals surface area contributed by atoms with Crippen molar-refractivity contribution in [3.63, 3.8) is 0 Å². The lowest BCUT2D eigenvalue weighted by atomic mass is 9.93. The second-order valence-electron chi connectivity index (χ2n) is 4.71. The molecular formula is C10H18N2O2. The molecule has 14 heavy (non-hydrogen) atoms. The zero-order chi connectivity index (χ0) is 10.8. The minimum atomic E-state index is -0.312. The minimum Gasteiger partial charge on any atom is -0.411 e. The molecule has 0 aromatic rings. The van der Waals surface area contributed by atoms with Gasteiger partial charge in [-0.1, -0.05) is 25.9 Å². The lowest BCUT2D eigenvalue weighted by Crippen LogP contribution is -2.44. The molecule has 0 bridgehead atoms. The molecule has 0 unspecified atom stereocenters. The van der Waals surface area contributed by atoms with Gasteiger partial charge >= 0.3 is 0 Å². The fraction of sp³-hybridized carbons (Fsp3) is 0.800. The van der Waals surface area contributed by atoms with Crippen molar-refractivity contribution >= 4 is 11.6 Å². The van der Waals surface area contributed by atoms with E-state index in [0.29, 0.717) is 25.9 Å². The second kappa shape index (κ2) is 3.98. The molecule has 4 nitrogen and oxygen atoms in total. The van der Waals surface area contributed by atoms with Gasteiger partial charge in [0.05, 0.1) is 5.71 Å². The highest BCUT2D eigenvalue weighted by Crippen LogP contribution is 2.19. The third-order valence-electron chi connectivity index (χ3n) is 2.41. The lowest BCUT2D eigenvalue weighted by molar-refractivity contribution is -0.139. The van der Waals surface area contributed by atoms with Crippen molar-refractivity contribution in [2.24, 2.45) is 10.6 Å². The summed E-state index contributed by atoms with van der Waals surface area (Å²) in [6, 6.07) is 0. The SMILES string of the molecule is CC(C)(C)C(=O)N1CCC(=NO)CC1. The minimum absolute atomic E-state index is 0.175. The highest BCUT2D eigenvalue weighted by atomic mass is 16.4. The van der Waals surface area contributed by atoms with Crippen LogP contribution in [0, 0.1) is 5.41 Å². The zero-order valence-electron chi connectivity index (χ0n) is 9.08. The average Bonchev–Trinajstić information content (AvgIpc) is 2.15. The molecule has 80 valence electrons. The summed E-state index contributed by atoms with van der Waals surface area (Å²) in [4.78, 5) is 13.7. The van der Waals surface area contributed by atoms with E-state index in [1.54, 1.807) is 0 Å². The molecule has 0 aliphatic carbocycles. The Hall–Kier alpha value is -1.06. The Kier molecular flexibility index (Phi) is 3.13. The number of likely N-dealkylation sites (tertiary alicyclic amines) is 1. The number of nitrogens with zero attached hydrogens (tertiary/aromatic N) is 2. The summed E-state index contributed by atoms with van der Waals surface area (Å²) in [6.45, 7) is 7.12. The van der Waals surface area contributed by atoms with Crippen LogP contribution in [0.1, 0.15) is 33.6 Å². The van der Waals surface area contributed by atoms with Crippen molar-refractivity contribution in [2.45, 2.75) is 33.6 Å². The van der Waals surface area contributed by atoms with Gasteiger partial charge in [-0.2, -0.15) is 0 Å². The molecular weight excluding hydrogens is 180 g/mol. The molecule has 1 saturated heterocycles. The van der Waals surface area contributed by atoms with Gasteiger partial charge in [0.1, 0.15) is 0 Å². The Morgan fingerprint density at radius 3 is 2.21 bits per heavy atom. The molecule has 0 aromatic heterocycles. The van der Waals surface area contributed by atoms with Crippen LogP contribution >= 0.6 is 0 Å². The highest BCUT2D eigenvalue weighted by Gasteiger charge is 2.29. The summed E-state index contributed by atoms with van der Waals surface area (Å²) in [5.74, 6) is 0.175. The van der Waals surface area contributed by atoms with Crippen molar-refractivity contribution in [1.82, 2.24) is 4.90 Å². The van der Waals surface area contributed by atoms with Crippen molar-refractivity contribution in [2.75, 3.05) is 13.1 Å². The van der Waals surface area contributed by atoms with E-state index in [-0.39, 0.29) is 11.3 Å². The van der Waals surface area contributed by atoms with Crippen molar-refractivity contribution in [1.29, 1.82) is 0 Å². The van der Waals surface area contributed by atoms with E-state index in [0.717, 1.165) is 5.71 Å². The molecule has 1 N–H and O–H groups in total. The van der Waals surface area contributed by atoms with E-state index >= 15 is 0 Å². The van der Waals surface area contributed by atoms with Crippen LogP contribution < -0.4 is 0 Å². The Morgan fingerprint density at radius 2 is 1.86 bits per heavy atom.